The number of anilines is 1. The van der Waals surface area contributed by atoms with Crippen LogP contribution in [0.15, 0.2) is 48.5 Å². The molecule has 4 rings (SSSR count). The van der Waals surface area contributed by atoms with Crippen molar-refractivity contribution in [3.05, 3.63) is 70.2 Å². The summed E-state index contributed by atoms with van der Waals surface area (Å²) in [5.74, 6) is -1.72. The van der Waals surface area contributed by atoms with E-state index < -0.39 is 17.9 Å². The molecule has 38 heavy (non-hydrogen) atoms. The molecule has 1 heterocycles. The molecule has 10 nitrogen and oxygen atoms in total. The number of benzene rings is 2. The fraction of sp³-hybridized carbons (Fsp3) is 0.333. The quantitative estimate of drug-likeness (QED) is 0.325. The maximum absolute atomic E-state index is 14.0. The summed E-state index contributed by atoms with van der Waals surface area (Å²) in [7, 11) is 1.41. The van der Waals surface area contributed by atoms with Crippen LogP contribution in [0.2, 0.25) is 0 Å². The number of phenolic OH excluding ortho intramolecular Hbond substituents is 1. The van der Waals surface area contributed by atoms with Crippen molar-refractivity contribution in [3.63, 3.8) is 0 Å². The number of amides is 3. The minimum atomic E-state index is -1.10. The number of carbonyl (C=O) groups excluding carboxylic acids is 3. The predicted octanol–water partition coefficient (Wildman–Crippen LogP) is 3.37. The summed E-state index contributed by atoms with van der Waals surface area (Å²) < 4.78 is 9.27. The molecule has 1 aromatic heterocycles. The zero-order valence-corrected chi connectivity index (χ0v) is 21.9. The lowest BCUT2D eigenvalue weighted by Gasteiger charge is -2.33. The maximum Gasteiger partial charge on any atom is 0.270 e. The average molecular weight is 538 g/mol. The minimum Gasteiger partial charge on any atom is -0.504 e. The largest absolute Gasteiger partial charge is 0.504 e. The molecule has 6 N–H and O–H groups in total. The Morgan fingerprint density at radius 3 is 2.50 bits per heavy atom. The van der Waals surface area contributed by atoms with E-state index in [2.05, 4.69) is 9.69 Å². The van der Waals surface area contributed by atoms with E-state index in [-0.39, 0.29) is 46.3 Å². The number of nitrogens with one attached hydrogen (secondary N) is 1. The molecule has 1 aliphatic carbocycles. The zero-order chi connectivity index (χ0) is 27.2. The Kier molecular flexibility index (Phi) is 8.47. The number of carbonyl (C=O) groups is 3. The second-order valence-electron chi connectivity index (χ2n) is 9.23. The second kappa shape index (κ2) is 12.0. The first-order valence-electron chi connectivity index (χ1n) is 12.4. The lowest BCUT2D eigenvalue weighted by Crippen LogP contribution is -2.46. The van der Waals surface area contributed by atoms with Crippen molar-refractivity contribution in [2.75, 3.05) is 12.8 Å². The average Bonchev–Trinajstić information content (AvgIpc) is 3.31. The number of hydrogen-bond acceptors (Lipinski definition) is 8. The van der Waals surface area contributed by atoms with Gasteiger partial charge in [0.2, 0.25) is 5.91 Å². The highest BCUT2D eigenvalue weighted by Gasteiger charge is 2.36. The maximum atomic E-state index is 14.0. The molecular formula is C27H31N5O5S. The van der Waals surface area contributed by atoms with E-state index >= 15 is 0 Å². The topological polar surface area (TPSA) is 161 Å². The minimum absolute atomic E-state index is 0.0101. The smallest absolute Gasteiger partial charge is 0.270 e. The fourth-order valence-electron chi connectivity index (χ4n) is 4.68. The van der Waals surface area contributed by atoms with E-state index in [4.69, 9.17) is 16.2 Å². The van der Waals surface area contributed by atoms with Gasteiger partial charge in [0, 0.05) is 12.6 Å². The van der Waals surface area contributed by atoms with Crippen molar-refractivity contribution in [1.82, 2.24) is 14.6 Å². The first-order valence-corrected chi connectivity index (χ1v) is 13.1. The molecule has 3 amide bonds. The fourth-order valence-corrected chi connectivity index (χ4v) is 5.45. The predicted molar refractivity (Wildman–Crippen MR) is 144 cm³/mol. The number of phenols is 1. The summed E-state index contributed by atoms with van der Waals surface area (Å²) in [5, 5.41) is 13.3. The normalized spacial score (nSPS) is 14.4. The van der Waals surface area contributed by atoms with Crippen LogP contribution < -0.4 is 21.5 Å². The third-order valence-electron chi connectivity index (χ3n) is 6.64. The van der Waals surface area contributed by atoms with Gasteiger partial charge < -0.3 is 31.5 Å². The molecule has 0 radical (unpaired) electrons. The number of aromatic nitrogens is 1. The highest BCUT2D eigenvalue weighted by Crippen LogP contribution is 2.35. The summed E-state index contributed by atoms with van der Waals surface area (Å²) in [6.07, 6.45) is 4.86. The summed E-state index contributed by atoms with van der Waals surface area (Å²) in [4.78, 5) is 41.2. The highest BCUT2D eigenvalue weighted by molar-refractivity contribution is 7.09. The molecule has 1 atom stereocenters. The summed E-state index contributed by atoms with van der Waals surface area (Å²) in [6, 6.07) is 12.7. The second-order valence-corrected chi connectivity index (χ2v) is 10.0. The number of primary amides is 1. The summed E-state index contributed by atoms with van der Waals surface area (Å²) >= 11 is 0.758. The number of nitrogen functional groups attached to an aromatic ring is 1. The van der Waals surface area contributed by atoms with Gasteiger partial charge in [0.1, 0.15) is 10.9 Å². The Bertz CT molecular complexity index is 1310. The van der Waals surface area contributed by atoms with E-state index in [9.17, 15) is 19.5 Å². The Labute approximate surface area is 224 Å². The number of methoxy groups -OCH3 is 1. The van der Waals surface area contributed by atoms with Gasteiger partial charge in [-0.2, -0.15) is 4.37 Å². The van der Waals surface area contributed by atoms with E-state index in [1.54, 1.807) is 6.07 Å². The van der Waals surface area contributed by atoms with Crippen molar-refractivity contribution in [1.29, 1.82) is 0 Å². The Morgan fingerprint density at radius 1 is 1.16 bits per heavy atom. The van der Waals surface area contributed by atoms with Gasteiger partial charge in [0.25, 0.3) is 11.8 Å². The molecule has 0 unspecified atom stereocenters. The standard InChI is InChI=1S/C27H31N5O5S/c1-37-20-14-17(12-13-19(20)33)23(26(35)30-18-10-6-3-7-11-18)32(15-16-8-4-2-5-9-16)27(36)24-21(28)22(25(29)34)31-38-24/h2,4-5,8-9,12-14,18,23,33H,3,6-7,10-11,15,28H2,1H3,(H2,29,34)(H,30,35)/t23-/m0/s1. The van der Waals surface area contributed by atoms with Crippen molar-refractivity contribution >= 4 is 34.9 Å². The highest BCUT2D eigenvalue weighted by atomic mass is 32.1. The van der Waals surface area contributed by atoms with Crippen molar-refractivity contribution in [2.24, 2.45) is 5.73 Å². The van der Waals surface area contributed by atoms with Gasteiger partial charge in [-0.05, 0) is 47.6 Å². The molecule has 1 fully saturated rings. The first kappa shape index (κ1) is 26.9. The van der Waals surface area contributed by atoms with Crippen LogP contribution in [0, 0.1) is 0 Å². The number of nitrogens with zero attached hydrogens (tertiary/aromatic N) is 2. The van der Waals surface area contributed by atoms with Gasteiger partial charge in [-0.15, -0.1) is 0 Å². The number of hydrogen-bond donors (Lipinski definition) is 4. The molecular weight excluding hydrogens is 506 g/mol. The lowest BCUT2D eigenvalue weighted by molar-refractivity contribution is -0.127. The zero-order valence-electron chi connectivity index (χ0n) is 21.1. The van der Waals surface area contributed by atoms with Crippen LogP contribution in [0.1, 0.15) is 69.4 Å². The van der Waals surface area contributed by atoms with Gasteiger partial charge in [0.05, 0.1) is 12.8 Å². The molecule has 0 spiro atoms. The van der Waals surface area contributed by atoms with Crippen LogP contribution in [0.25, 0.3) is 0 Å². The van der Waals surface area contributed by atoms with Crippen molar-refractivity contribution < 1.29 is 24.2 Å². The van der Waals surface area contributed by atoms with Crippen LogP contribution in [-0.4, -0.2) is 45.3 Å². The molecule has 11 heteroatoms. The van der Waals surface area contributed by atoms with E-state index in [1.165, 1.54) is 24.1 Å². The number of rotatable bonds is 9. The lowest BCUT2D eigenvalue weighted by atomic mass is 9.94. The van der Waals surface area contributed by atoms with E-state index in [1.807, 2.05) is 30.3 Å². The number of ether oxygens (including phenoxy) is 1. The van der Waals surface area contributed by atoms with Gasteiger partial charge >= 0.3 is 0 Å². The molecule has 3 aromatic rings. The summed E-state index contributed by atoms with van der Waals surface area (Å²) in [6.45, 7) is 0.0643. The van der Waals surface area contributed by atoms with Crippen LogP contribution >= 0.6 is 11.5 Å². The van der Waals surface area contributed by atoms with Crippen molar-refractivity contribution in [2.45, 2.75) is 50.7 Å². The Balaban J connectivity index is 1.81. The van der Waals surface area contributed by atoms with E-state index in [0.717, 1.165) is 49.2 Å². The Hall–Kier alpha value is -4.12. The van der Waals surface area contributed by atoms with Crippen molar-refractivity contribution in [3.8, 4) is 11.5 Å². The van der Waals surface area contributed by atoms with Gasteiger partial charge in [-0.3, -0.25) is 14.4 Å². The van der Waals surface area contributed by atoms with Crippen LogP contribution in [0.3, 0.4) is 0 Å². The molecule has 200 valence electrons. The first-order chi connectivity index (χ1) is 18.3. The summed E-state index contributed by atoms with van der Waals surface area (Å²) in [5.41, 5.74) is 12.4. The molecule has 0 aliphatic heterocycles. The van der Waals surface area contributed by atoms with Crippen LogP contribution in [0.5, 0.6) is 11.5 Å². The molecule has 1 aliphatic rings. The van der Waals surface area contributed by atoms with Crippen LogP contribution in [-0.2, 0) is 11.3 Å². The molecule has 0 bridgehead atoms. The van der Waals surface area contributed by atoms with Gasteiger partial charge in [0.15, 0.2) is 17.2 Å². The van der Waals surface area contributed by atoms with Crippen LogP contribution in [0.4, 0.5) is 5.69 Å². The van der Waals surface area contributed by atoms with E-state index in [0.29, 0.717) is 5.56 Å². The molecule has 1 saturated carbocycles. The number of nitrogens with two attached hydrogens (primary N) is 2. The Morgan fingerprint density at radius 2 is 1.87 bits per heavy atom. The third kappa shape index (κ3) is 5.88. The number of aromatic hydroxyl groups is 1. The van der Waals surface area contributed by atoms with Gasteiger partial charge in [-0.1, -0.05) is 55.7 Å². The third-order valence-corrected chi connectivity index (χ3v) is 7.49. The SMILES string of the molecule is COc1cc([C@@H](C(=O)NC2CCCCC2)N(Cc2ccccc2)C(=O)c2snc(C(N)=O)c2N)ccc1O. The molecule has 0 saturated heterocycles. The van der Waals surface area contributed by atoms with Gasteiger partial charge in [-0.25, -0.2) is 0 Å². The molecule has 2 aromatic carbocycles. The monoisotopic (exact) mass is 537 g/mol.